The summed E-state index contributed by atoms with van der Waals surface area (Å²) in [5.74, 6) is 1.53. The highest BCUT2D eigenvalue weighted by atomic mass is 35.5. The molecule has 0 radical (unpaired) electrons. The summed E-state index contributed by atoms with van der Waals surface area (Å²) < 4.78 is 10.5. The van der Waals surface area contributed by atoms with Gasteiger partial charge in [-0.1, -0.05) is 11.6 Å². The number of ether oxygens (including phenoxy) is 2. The topological polar surface area (TPSA) is 30.5 Å². The molecule has 1 aromatic carbocycles. The molecule has 0 saturated heterocycles. The largest absolute Gasteiger partial charge is 0.454 e. The monoisotopic (exact) mass is 213 g/mol. The van der Waals surface area contributed by atoms with Crippen molar-refractivity contribution in [1.82, 2.24) is 5.32 Å². The van der Waals surface area contributed by atoms with Gasteiger partial charge in [-0.3, -0.25) is 0 Å². The van der Waals surface area contributed by atoms with Gasteiger partial charge in [0, 0.05) is 11.1 Å². The lowest BCUT2D eigenvalue weighted by Gasteiger charge is -2.05. The minimum atomic E-state index is 0.293. The van der Waals surface area contributed by atoms with Crippen LogP contribution in [0.2, 0.25) is 5.02 Å². The molecule has 76 valence electrons. The molecule has 1 aliphatic rings. The van der Waals surface area contributed by atoms with Crippen molar-refractivity contribution < 1.29 is 9.47 Å². The second-order valence-corrected chi connectivity index (χ2v) is 3.56. The number of nitrogens with one attached hydrogen (secondary N) is 1. The highest BCUT2D eigenvalue weighted by molar-refractivity contribution is 6.31. The van der Waals surface area contributed by atoms with Crippen LogP contribution in [0.4, 0.5) is 0 Å². The Kier molecular flexibility index (Phi) is 2.79. The second kappa shape index (κ2) is 4.07. The van der Waals surface area contributed by atoms with E-state index in [1.54, 1.807) is 0 Å². The minimum Gasteiger partial charge on any atom is -0.454 e. The highest BCUT2D eigenvalue weighted by Crippen LogP contribution is 2.36. The average molecular weight is 214 g/mol. The Morgan fingerprint density at radius 1 is 1.36 bits per heavy atom. The van der Waals surface area contributed by atoms with Crippen LogP contribution in [0.15, 0.2) is 12.1 Å². The molecule has 0 fully saturated rings. The van der Waals surface area contributed by atoms with Gasteiger partial charge in [-0.05, 0) is 31.6 Å². The third kappa shape index (κ3) is 1.79. The molecular formula is C10H12ClNO2. The van der Waals surface area contributed by atoms with E-state index >= 15 is 0 Å². The molecule has 0 aromatic heterocycles. The van der Waals surface area contributed by atoms with Crippen molar-refractivity contribution in [2.75, 3.05) is 20.4 Å². The van der Waals surface area contributed by atoms with E-state index in [0.29, 0.717) is 6.79 Å². The first-order chi connectivity index (χ1) is 6.81. The lowest BCUT2D eigenvalue weighted by atomic mass is 10.1. The van der Waals surface area contributed by atoms with Crippen molar-refractivity contribution >= 4 is 11.6 Å². The van der Waals surface area contributed by atoms with Crippen molar-refractivity contribution in [1.29, 1.82) is 0 Å². The first kappa shape index (κ1) is 9.62. The predicted molar refractivity (Wildman–Crippen MR) is 55.2 cm³/mol. The first-order valence-electron chi connectivity index (χ1n) is 4.54. The van der Waals surface area contributed by atoms with Gasteiger partial charge in [-0.2, -0.15) is 0 Å². The van der Waals surface area contributed by atoms with E-state index < -0.39 is 0 Å². The summed E-state index contributed by atoms with van der Waals surface area (Å²) >= 11 is 6.08. The number of hydrogen-bond acceptors (Lipinski definition) is 3. The molecule has 14 heavy (non-hydrogen) atoms. The number of hydrogen-bond donors (Lipinski definition) is 1. The van der Waals surface area contributed by atoms with E-state index in [1.807, 2.05) is 19.2 Å². The predicted octanol–water partition coefficient (Wildman–Crippen LogP) is 1.83. The summed E-state index contributed by atoms with van der Waals surface area (Å²) in [6.07, 6.45) is 0.895. The second-order valence-electron chi connectivity index (χ2n) is 3.15. The van der Waals surface area contributed by atoms with Gasteiger partial charge in [0.1, 0.15) is 0 Å². The van der Waals surface area contributed by atoms with Gasteiger partial charge in [0.2, 0.25) is 6.79 Å². The molecule has 0 aliphatic carbocycles. The van der Waals surface area contributed by atoms with Gasteiger partial charge in [-0.15, -0.1) is 0 Å². The molecule has 1 heterocycles. The number of fused-ring (bicyclic) bond motifs is 1. The van der Waals surface area contributed by atoms with Crippen LogP contribution < -0.4 is 14.8 Å². The van der Waals surface area contributed by atoms with Crippen LogP contribution in [0, 0.1) is 0 Å². The lowest BCUT2D eigenvalue weighted by Crippen LogP contribution is -2.10. The van der Waals surface area contributed by atoms with E-state index in [2.05, 4.69) is 5.32 Å². The Balaban J connectivity index is 2.23. The van der Waals surface area contributed by atoms with E-state index in [-0.39, 0.29) is 0 Å². The summed E-state index contributed by atoms with van der Waals surface area (Å²) in [5, 5.41) is 3.82. The fraction of sp³-hybridized carbons (Fsp3) is 0.400. The molecular weight excluding hydrogens is 202 g/mol. The van der Waals surface area contributed by atoms with Gasteiger partial charge in [0.25, 0.3) is 0 Å². The highest BCUT2D eigenvalue weighted by Gasteiger charge is 2.15. The van der Waals surface area contributed by atoms with Crippen LogP contribution in [-0.2, 0) is 6.42 Å². The van der Waals surface area contributed by atoms with Crippen molar-refractivity contribution in [2.24, 2.45) is 0 Å². The van der Waals surface area contributed by atoms with Crippen LogP contribution in [0.5, 0.6) is 11.5 Å². The smallest absolute Gasteiger partial charge is 0.231 e. The van der Waals surface area contributed by atoms with E-state index in [0.717, 1.165) is 35.1 Å². The van der Waals surface area contributed by atoms with Crippen LogP contribution in [0.1, 0.15) is 5.56 Å². The minimum absolute atomic E-state index is 0.293. The number of halogens is 1. The van der Waals surface area contributed by atoms with Crippen LogP contribution in [0.3, 0.4) is 0 Å². The molecule has 0 amide bonds. The number of likely N-dealkylation sites (N-methyl/N-ethyl adjacent to an activating group) is 1. The fourth-order valence-electron chi connectivity index (χ4n) is 1.41. The molecule has 4 heteroatoms. The van der Waals surface area contributed by atoms with Crippen molar-refractivity contribution in [3.8, 4) is 11.5 Å². The van der Waals surface area contributed by atoms with E-state index in [1.165, 1.54) is 0 Å². The molecule has 0 saturated carbocycles. The molecule has 1 N–H and O–H groups in total. The zero-order chi connectivity index (χ0) is 9.97. The first-order valence-corrected chi connectivity index (χ1v) is 4.91. The van der Waals surface area contributed by atoms with E-state index in [4.69, 9.17) is 21.1 Å². The van der Waals surface area contributed by atoms with Gasteiger partial charge in [-0.25, -0.2) is 0 Å². The molecule has 0 spiro atoms. The molecule has 0 bridgehead atoms. The Morgan fingerprint density at radius 3 is 2.79 bits per heavy atom. The van der Waals surface area contributed by atoms with E-state index in [9.17, 15) is 0 Å². The zero-order valence-electron chi connectivity index (χ0n) is 7.97. The summed E-state index contributed by atoms with van der Waals surface area (Å²) in [4.78, 5) is 0. The quantitative estimate of drug-likeness (QED) is 0.831. The van der Waals surface area contributed by atoms with Gasteiger partial charge in [0.15, 0.2) is 11.5 Å². The Hall–Kier alpha value is -0.930. The van der Waals surface area contributed by atoms with Gasteiger partial charge >= 0.3 is 0 Å². The zero-order valence-corrected chi connectivity index (χ0v) is 8.73. The maximum Gasteiger partial charge on any atom is 0.231 e. The molecule has 3 nitrogen and oxygen atoms in total. The summed E-state index contributed by atoms with van der Waals surface area (Å²) in [6.45, 7) is 1.19. The molecule has 0 unspecified atom stereocenters. The molecule has 1 aromatic rings. The van der Waals surface area contributed by atoms with Crippen LogP contribution in [-0.4, -0.2) is 20.4 Å². The Morgan fingerprint density at radius 2 is 2.07 bits per heavy atom. The van der Waals surface area contributed by atoms with Crippen LogP contribution in [0.25, 0.3) is 0 Å². The summed E-state index contributed by atoms with van der Waals surface area (Å²) in [7, 11) is 1.92. The Bertz CT molecular complexity index is 341. The summed E-state index contributed by atoms with van der Waals surface area (Å²) in [5.41, 5.74) is 1.09. The van der Waals surface area contributed by atoms with Gasteiger partial charge in [0.05, 0.1) is 0 Å². The third-order valence-corrected chi connectivity index (χ3v) is 2.54. The summed E-state index contributed by atoms with van der Waals surface area (Å²) in [6, 6.07) is 3.76. The van der Waals surface area contributed by atoms with Gasteiger partial charge < -0.3 is 14.8 Å². The number of benzene rings is 1. The van der Waals surface area contributed by atoms with Crippen molar-refractivity contribution in [3.63, 3.8) is 0 Å². The van der Waals surface area contributed by atoms with Crippen molar-refractivity contribution in [3.05, 3.63) is 22.7 Å². The third-order valence-electron chi connectivity index (χ3n) is 2.19. The number of rotatable bonds is 3. The average Bonchev–Trinajstić information content (AvgIpc) is 2.61. The van der Waals surface area contributed by atoms with Crippen molar-refractivity contribution in [2.45, 2.75) is 6.42 Å². The lowest BCUT2D eigenvalue weighted by molar-refractivity contribution is 0.174. The molecule has 2 rings (SSSR count). The Labute approximate surface area is 88.0 Å². The normalized spacial score (nSPS) is 13.3. The standard InChI is InChI=1S/C10H12ClNO2/c1-12-3-2-7-4-9-10(5-8(7)11)14-6-13-9/h4-5,12H,2-3,6H2,1H3. The fourth-order valence-corrected chi connectivity index (χ4v) is 1.66. The SMILES string of the molecule is CNCCc1cc2c(cc1Cl)OCO2. The molecule has 1 aliphatic heterocycles. The van der Waals surface area contributed by atoms with Crippen LogP contribution >= 0.6 is 11.6 Å². The maximum atomic E-state index is 6.08. The maximum absolute atomic E-state index is 6.08. The molecule has 0 atom stereocenters.